The molecule has 20 heavy (non-hydrogen) atoms. The molecule has 0 bridgehead atoms. The van der Waals surface area contributed by atoms with Crippen LogP contribution in [0.15, 0.2) is 42.6 Å². The molecule has 0 aliphatic rings. The number of benzene rings is 1. The SMILES string of the molecule is Cc1ccc(C(=O)N(C)c2cccc(C(N)=S)c2)cn1. The van der Waals surface area contributed by atoms with E-state index in [-0.39, 0.29) is 5.91 Å². The zero-order chi connectivity index (χ0) is 14.7. The highest BCUT2D eigenvalue weighted by molar-refractivity contribution is 7.80. The molecule has 2 rings (SSSR count). The van der Waals surface area contributed by atoms with Crippen LogP contribution in [0, 0.1) is 6.92 Å². The fraction of sp³-hybridized carbons (Fsp3) is 0.133. The molecule has 0 aliphatic heterocycles. The van der Waals surface area contributed by atoms with Gasteiger partial charge in [0.05, 0.1) is 5.56 Å². The summed E-state index contributed by atoms with van der Waals surface area (Å²) in [5, 5.41) is 0. The molecule has 2 N–H and O–H groups in total. The Morgan fingerprint density at radius 2 is 2.00 bits per heavy atom. The van der Waals surface area contributed by atoms with Crippen molar-refractivity contribution in [1.29, 1.82) is 0 Å². The van der Waals surface area contributed by atoms with Gasteiger partial charge in [-0.3, -0.25) is 9.78 Å². The number of aromatic nitrogens is 1. The summed E-state index contributed by atoms with van der Waals surface area (Å²) in [7, 11) is 1.71. The van der Waals surface area contributed by atoms with Crippen molar-refractivity contribution in [2.45, 2.75) is 6.92 Å². The van der Waals surface area contributed by atoms with E-state index in [0.717, 1.165) is 16.9 Å². The van der Waals surface area contributed by atoms with Gasteiger partial charge in [-0.1, -0.05) is 24.4 Å². The van der Waals surface area contributed by atoms with Gasteiger partial charge in [0, 0.05) is 30.2 Å². The number of rotatable bonds is 3. The molecule has 102 valence electrons. The second kappa shape index (κ2) is 5.79. The van der Waals surface area contributed by atoms with Crippen LogP contribution in [0.1, 0.15) is 21.6 Å². The Morgan fingerprint density at radius 3 is 2.60 bits per heavy atom. The summed E-state index contributed by atoms with van der Waals surface area (Å²) in [6, 6.07) is 10.8. The number of carbonyl (C=O) groups is 1. The van der Waals surface area contributed by atoms with Gasteiger partial charge >= 0.3 is 0 Å². The average Bonchev–Trinajstić information content (AvgIpc) is 2.46. The highest BCUT2D eigenvalue weighted by Crippen LogP contribution is 2.17. The van der Waals surface area contributed by atoms with E-state index < -0.39 is 0 Å². The lowest BCUT2D eigenvalue weighted by molar-refractivity contribution is 0.0992. The number of hydrogen-bond acceptors (Lipinski definition) is 3. The molecule has 1 heterocycles. The van der Waals surface area contributed by atoms with Crippen LogP contribution in [-0.2, 0) is 0 Å². The van der Waals surface area contributed by atoms with Gasteiger partial charge in [-0.05, 0) is 31.2 Å². The second-order valence-corrected chi connectivity index (χ2v) is 4.91. The van der Waals surface area contributed by atoms with Crippen LogP contribution in [-0.4, -0.2) is 22.9 Å². The van der Waals surface area contributed by atoms with Crippen molar-refractivity contribution in [3.63, 3.8) is 0 Å². The maximum absolute atomic E-state index is 12.4. The minimum absolute atomic E-state index is 0.127. The van der Waals surface area contributed by atoms with Crippen LogP contribution < -0.4 is 10.6 Å². The number of nitrogens with two attached hydrogens (primary N) is 1. The number of pyridine rings is 1. The molecular weight excluding hydrogens is 270 g/mol. The van der Waals surface area contributed by atoms with Crippen LogP contribution in [0.4, 0.5) is 5.69 Å². The Hall–Kier alpha value is -2.27. The Kier molecular flexibility index (Phi) is 4.10. The maximum atomic E-state index is 12.4. The summed E-state index contributed by atoms with van der Waals surface area (Å²) in [5.41, 5.74) is 8.49. The van der Waals surface area contributed by atoms with E-state index in [4.69, 9.17) is 18.0 Å². The predicted molar refractivity (Wildman–Crippen MR) is 84.0 cm³/mol. The third-order valence-electron chi connectivity index (χ3n) is 2.98. The number of hydrogen-bond donors (Lipinski definition) is 1. The predicted octanol–water partition coefficient (Wildman–Crippen LogP) is 2.30. The number of amides is 1. The van der Waals surface area contributed by atoms with Gasteiger partial charge in [0.2, 0.25) is 0 Å². The van der Waals surface area contributed by atoms with Crippen molar-refractivity contribution in [2.75, 3.05) is 11.9 Å². The maximum Gasteiger partial charge on any atom is 0.259 e. The molecule has 0 unspecified atom stereocenters. The van der Waals surface area contributed by atoms with Crippen molar-refractivity contribution < 1.29 is 4.79 Å². The summed E-state index contributed by atoms with van der Waals surface area (Å²) in [5.74, 6) is -0.127. The van der Waals surface area contributed by atoms with Crippen LogP contribution in [0.5, 0.6) is 0 Å². The highest BCUT2D eigenvalue weighted by atomic mass is 32.1. The van der Waals surface area contributed by atoms with Crippen LogP contribution in [0.2, 0.25) is 0 Å². The summed E-state index contributed by atoms with van der Waals surface area (Å²) >= 11 is 4.95. The van der Waals surface area contributed by atoms with E-state index in [2.05, 4.69) is 4.98 Å². The first-order chi connectivity index (χ1) is 9.49. The summed E-state index contributed by atoms with van der Waals surface area (Å²) < 4.78 is 0. The van der Waals surface area contributed by atoms with Gasteiger partial charge in [-0.25, -0.2) is 0 Å². The first-order valence-electron chi connectivity index (χ1n) is 6.09. The lowest BCUT2D eigenvalue weighted by Gasteiger charge is -2.18. The summed E-state index contributed by atoms with van der Waals surface area (Å²) in [4.78, 5) is 18.4. The third-order valence-corrected chi connectivity index (χ3v) is 3.22. The van der Waals surface area contributed by atoms with E-state index >= 15 is 0 Å². The van der Waals surface area contributed by atoms with Gasteiger partial charge < -0.3 is 10.6 Å². The lowest BCUT2D eigenvalue weighted by Crippen LogP contribution is -2.26. The Balaban J connectivity index is 2.28. The molecule has 0 spiro atoms. The van der Waals surface area contributed by atoms with Crippen molar-refractivity contribution >= 4 is 28.8 Å². The molecule has 0 fully saturated rings. The normalized spacial score (nSPS) is 10.1. The molecule has 1 amide bonds. The molecule has 4 nitrogen and oxygen atoms in total. The second-order valence-electron chi connectivity index (χ2n) is 4.47. The highest BCUT2D eigenvalue weighted by Gasteiger charge is 2.14. The number of anilines is 1. The smallest absolute Gasteiger partial charge is 0.259 e. The van der Waals surface area contributed by atoms with Crippen molar-refractivity contribution in [3.05, 3.63) is 59.4 Å². The van der Waals surface area contributed by atoms with Crippen molar-refractivity contribution in [3.8, 4) is 0 Å². The average molecular weight is 285 g/mol. The fourth-order valence-corrected chi connectivity index (χ4v) is 1.90. The number of nitrogens with zero attached hydrogens (tertiary/aromatic N) is 2. The minimum atomic E-state index is -0.127. The molecule has 1 aromatic heterocycles. The number of thiocarbonyl (C=S) groups is 1. The third kappa shape index (κ3) is 3.00. The molecular formula is C15H15N3OS. The van der Waals surface area contributed by atoms with Crippen molar-refractivity contribution in [2.24, 2.45) is 5.73 Å². The van der Waals surface area contributed by atoms with Gasteiger partial charge in [0.25, 0.3) is 5.91 Å². The Labute approximate surface area is 123 Å². The molecule has 5 heteroatoms. The molecule has 0 saturated carbocycles. The summed E-state index contributed by atoms with van der Waals surface area (Å²) in [6.07, 6.45) is 1.57. The molecule has 2 aromatic rings. The zero-order valence-corrected chi connectivity index (χ0v) is 12.1. The van der Waals surface area contributed by atoms with E-state index in [0.29, 0.717) is 10.6 Å². The van der Waals surface area contributed by atoms with Crippen LogP contribution in [0.25, 0.3) is 0 Å². The van der Waals surface area contributed by atoms with Crippen LogP contribution in [0.3, 0.4) is 0 Å². The van der Waals surface area contributed by atoms with Gasteiger partial charge in [0.15, 0.2) is 0 Å². The monoisotopic (exact) mass is 285 g/mol. The largest absolute Gasteiger partial charge is 0.389 e. The van der Waals surface area contributed by atoms with Gasteiger partial charge in [-0.2, -0.15) is 0 Å². The minimum Gasteiger partial charge on any atom is -0.389 e. The number of carbonyl (C=O) groups excluding carboxylic acids is 1. The van der Waals surface area contributed by atoms with E-state index in [9.17, 15) is 4.79 Å². The van der Waals surface area contributed by atoms with Gasteiger partial charge in [0.1, 0.15) is 4.99 Å². The topological polar surface area (TPSA) is 59.2 Å². The fourth-order valence-electron chi connectivity index (χ4n) is 1.77. The van der Waals surface area contributed by atoms with E-state index in [1.54, 1.807) is 30.3 Å². The molecule has 0 radical (unpaired) electrons. The molecule has 0 aliphatic carbocycles. The Bertz CT molecular complexity index is 652. The lowest BCUT2D eigenvalue weighted by atomic mass is 10.1. The van der Waals surface area contributed by atoms with E-state index in [1.165, 1.54) is 0 Å². The zero-order valence-electron chi connectivity index (χ0n) is 11.3. The van der Waals surface area contributed by atoms with Crippen LogP contribution >= 0.6 is 12.2 Å². The standard InChI is InChI=1S/C15H15N3OS/c1-10-6-7-12(9-17-10)15(19)18(2)13-5-3-4-11(8-13)14(16)20/h3-9H,1-2H3,(H2,16,20). The van der Waals surface area contributed by atoms with Crippen molar-refractivity contribution in [1.82, 2.24) is 4.98 Å². The molecule has 0 atom stereocenters. The van der Waals surface area contributed by atoms with Gasteiger partial charge in [-0.15, -0.1) is 0 Å². The number of aryl methyl sites for hydroxylation is 1. The first kappa shape index (κ1) is 14.1. The Morgan fingerprint density at radius 1 is 1.25 bits per heavy atom. The quantitative estimate of drug-likeness (QED) is 0.879. The first-order valence-corrected chi connectivity index (χ1v) is 6.50. The molecule has 0 saturated heterocycles. The van der Waals surface area contributed by atoms with E-state index in [1.807, 2.05) is 31.2 Å². The summed E-state index contributed by atoms with van der Waals surface area (Å²) in [6.45, 7) is 1.88. The molecule has 1 aromatic carbocycles.